The van der Waals surface area contributed by atoms with Gasteiger partial charge < -0.3 is 20.4 Å². The first kappa shape index (κ1) is 19.4. The Hall–Kier alpha value is -2.90. The third kappa shape index (κ3) is 6.19. The summed E-state index contributed by atoms with van der Waals surface area (Å²) < 4.78 is 18.3. The van der Waals surface area contributed by atoms with Crippen LogP contribution in [0.15, 0.2) is 33.7 Å². The maximum atomic E-state index is 12.8. The molecule has 0 bridgehead atoms. The predicted molar refractivity (Wildman–Crippen MR) is 97.3 cm³/mol. The normalized spacial score (nSPS) is 11.3. The molecular weight excluding hydrogens is 337 g/mol. The first-order valence-electron chi connectivity index (χ1n) is 8.36. The number of hydrogen-bond donors (Lipinski definition) is 3. The van der Waals surface area contributed by atoms with Crippen molar-refractivity contribution in [2.45, 2.75) is 26.8 Å². The second-order valence-electron chi connectivity index (χ2n) is 5.75. The average molecular weight is 361 g/mol. The van der Waals surface area contributed by atoms with Crippen molar-refractivity contribution in [3.8, 4) is 0 Å². The van der Waals surface area contributed by atoms with E-state index in [0.29, 0.717) is 31.5 Å². The number of amides is 1. The maximum Gasteiger partial charge on any atom is 0.224 e. The van der Waals surface area contributed by atoms with Crippen molar-refractivity contribution in [1.29, 1.82) is 0 Å². The quantitative estimate of drug-likeness (QED) is 0.394. The number of nitrogens with zero attached hydrogens (tertiary/aromatic N) is 2. The standard InChI is InChI=1S/C18H24FN5O2/c1-12-13(2)26-17(24-12)11-23-18(20-3)22-9-8-21-16(25)10-14-4-6-15(19)7-5-14/h4-7H,8-11H2,1-3H3,(H,21,25)(H2,20,22,23). The number of benzene rings is 1. The Kier molecular flexibility index (Phi) is 7.13. The minimum atomic E-state index is -0.313. The molecule has 0 saturated heterocycles. The Balaban J connectivity index is 1.65. The first-order chi connectivity index (χ1) is 12.5. The van der Waals surface area contributed by atoms with Crippen LogP contribution in [0.1, 0.15) is 22.9 Å². The van der Waals surface area contributed by atoms with Crippen LogP contribution in [0.5, 0.6) is 0 Å². The summed E-state index contributed by atoms with van der Waals surface area (Å²) in [6.07, 6.45) is 0.218. The highest BCUT2D eigenvalue weighted by molar-refractivity contribution is 5.80. The highest BCUT2D eigenvalue weighted by Crippen LogP contribution is 2.07. The van der Waals surface area contributed by atoms with Crippen LogP contribution in [0, 0.1) is 19.7 Å². The number of rotatable bonds is 7. The third-order valence-corrected chi connectivity index (χ3v) is 3.72. The van der Waals surface area contributed by atoms with Gasteiger partial charge in [0.15, 0.2) is 5.96 Å². The summed E-state index contributed by atoms with van der Waals surface area (Å²) in [6.45, 7) is 5.14. The summed E-state index contributed by atoms with van der Waals surface area (Å²) in [7, 11) is 1.66. The van der Waals surface area contributed by atoms with Crippen LogP contribution in [-0.4, -0.2) is 37.0 Å². The van der Waals surface area contributed by atoms with Crippen LogP contribution in [0.4, 0.5) is 4.39 Å². The zero-order chi connectivity index (χ0) is 18.9. The van der Waals surface area contributed by atoms with Crippen molar-refractivity contribution >= 4 is 11.9 Å². The number of guanidine groups is 1. The molecule has 0 fully saturated rings. The van der Waals surface area contributed by atoms with E-state index >= 15 is 0 Å². The van der Waals surface area contributed by atoms with Gasteiger partial charge in [0.1, 0.15) is 11.6 Å². The third-order valence-electron chi connectivity index (χ3n) is 3.72. The molecule has 26 heavy (non-hydrogen) atoms. The Morgan fingerprint density at radius 3 is 2.46 bits per heavy atom. The van der Waals surface area contributed by atoms with Crippen molar-refractivity contribution < 1.29 is 13.6 Å². The SMILES string of the molecule is CN=C(NCCNC(=O)Cc1ccc(F)cc1)NCc1nc(C)c(C)o1. The van der Waals surface area contributed by atoms with Crippen molar-refractivity contribution in [3.05, 3.63) is 53.0 Å². The molecule has 0 atom stereocenters. The lowest BCUT2D eigenvalue weighted by molar-refractivity contribution is -0.120. The molecule has 140 valence electrons. The number of hydrogen-bond acceptors (Lipinski definition) is 4. The minimum Gasteiger partial charge on any atom is -0.444 e. The molecule has 1 heterocycles. The molecular formula is C18H24FN5O2. The van der Waals surface area contributed by atoms with Gasteiger partial charge in [-0.05, 0) is 31.5 Å². The zero-order valence-electron chi connectivity index (χ0n) is 15.2. The van der Waals surface area contributed by atoms with E-state index in [1.54, 1.807) is 19.2 Å². The molecule has 0 radical (unpaired) electrons. The molecule has 0 unspecified atom stereocenters. The number of oxazole rings is 1. The summed E-state index contributed by atoms with van der Waals surface area (Å²) in [4.78, 5) is 20.2. The molecule has 2 rings (SSSR count). The monoisotopic (exact) mass is 361 g/mol. The molecule has 0 aliphatic rings. The van der Waals surface area contributed by atoms with Crippen LogP contribution in [0.3, 0.4) is 0 Å². The Bertz CT molecular complexity index is 736. The van der Waals surface area contributed by atoms with Gasteiger partial charge in [-0.15, -0.1) is 0 Å². The van der Waals surface area contributed by atoms with Crippen LogP contribution >= 0.6 is 0 Å². The van der Waals surface area contributed by atoms with Crippen LogP contribution in [0.25, 0.3) is 0 Å². The Morgan fingerprint density at radius 2 is 1.85 bits per heavy atom. The fourth-order valence-corrected chi connectivity index (χ4v) is 2.23. The van der Waals surface area contributed by atoms with E-state index in [0.717, 1.165) is 17.0 Å². The van der Waals surface area contributed by atoms with E-state index in [2.05, 4.69) is 25.9 Å². The fraction of sp³-hybridized carbons (Fsp3) is 0.389. The van der Waals surface area contributed by atoms with Gasteiger partial charge in [0.05, 0.1) is 18.7 Å². The van der Waals surface area contributed by atoms with Gasteiger partial charge >= 0.3 is 0 Å². The van der Waals surface area contributed by atoms with E-state index in [1.807, 2.05) is 13.8 Å². The Labute approximate surface area is 152 Å². The summed E-state index contributed by atoms with van der Waals surface area (Å²) in [5.74, 6) is 1.55. The van der Waals surface area contributed by atoms with Crippen molar-refractivity contribution in [2.75, 3.05) is 20.1 Å². The topological polar surface area (TPSA) is 91.5 Å². The number of aromatic nitrogens is 1. The number of nitrogens with one attached hydrogen (secondary N) is 3. The van der Waals surface area contributed by atoms with Crippen molar-refractivity contribution in [1.82, 2.24) is 20.9 Å². The van der Waals surface area contributed by atoms with E-state index in [-0.39, 0.29) is 18.1 Å². The van der Waals surface area contributed by atoms with E-state index < -0.39 is 0 Å². The first-order valence-corrected chi connectivity index (χ1v) is 8.36. The lowest BCUT2D eigenvalue weighted by Gasteiger charge is -2.11. The van der Waals surface area contributed by atoms with Crippen molar-refractivity contribution in [3.63, 3.8) is 0 Å². The van der Waals surface area contributed by atoms with Gasteiger partial charge in [0.25, 0.3) is 0 Å². The molecule has 0 saturated carbocycles. The van der Waals surface area contributed by atoms with E-state index in [9.17, 15) is 9.18 Å². The van der Waals surface area contributed by atoms with Crippen molar-refractivity contribution in [2.24, 2.45) is 4.99 Å². The summed E-state index contributed by atoms with van der Waals surface area (Å²) in [5, 5.41) is 8.99. The van der Waals surface area contributed by atoms with E-state index in [4.69, 9.17) is 4.42 Å². The van der Waals surface area contributed by atoms with Gasteiger partial charge in [-0.2, -0.15) is 0 Å². The van der Waals surface area contributed by atoms with Crippen LogP contribution in [0.2, 0.25) is 0 Å². The van der Waals surface area contributed by atoms with E-state index in [1.165, 1.54) is 12.1 Å². The highest BCUT2D eigenvalue weighted by atomic mass is 19.1. The van der Waals surface area contributed by atoms with Crippen LogP contribution in [-0.2, 0) is 17.8 Å². The van der Waals surface area contributed by atoms with Gasteiger partial charge in [0, 0.05) is 20.1 Å². The zero-order valence-corrected chi connectivity index (χ0v) is 15.2. The minimum absolute atomic E-state index is 0.118. The number of aryl methyl sites for hydroxylation is 2. The number of aliphatic imine (C=N–C) groups is 1. The average Bonchev–Trinajstić information content (AvgIpc) is 2.94. The predicted octanol–water partition coefficient (Wildman–Crippen LogP) is 1.45. The molecule has 2 aromatic rings. The number of carbonyl (C=O) groups excluding carboxylic acids is 1. The second-order valence-corrected chi connectivity index (χ2v) is 5.75. The molecule has 0 aliphatic carbocycles. The van der Waals surface area contributed by atoms with Gasteiger partial charge in [-0.25, -0.2) is 9.37 Å². The summed E-state index contributed by atoms with van der Waals surface area (Å²) in [5.41, 5.74) is 1.64. The lowest BCUT2D eigenvalue weighted by Crippen LogP contribution is -2.41. The molecule has 1 amide bonds. The molecule has 1 aromatic heterocycles. The molecule has 0 spiro atoms. The maximum absolute atomic E-state index is 12.8. The molecule has 8 heteroatoms. The number of halogens is 1. The number of carbonyl (C=O) groups is 1. The second kappa shape index (κ2) is 9.55. The molecule has 3 N–H and O–H groups in total. The molecule has 1 aromatic carbocycles. The molecule has 0 aliphatic heterocycles. The smallest absolute Gasteiger partial charge is 0.224 e. The Morgan fingerprint density at radius 1 is 1.15 bits per heavy atom. The molecule has 7 nitrogen and oxygen atoms in total. The van der Waals surface area contributed by atoms with Gasteiger partial charge in [-0.3, -0.25) is 9.79 Å². The lowest BCUT2D eigenvalue weighted by atomic mass is 10.1. The van der Waals surface area contributed by atoms with Gasteiger partial charge in [-0.1, -0.05) is 12.1 Å². The highest BCUT2D eigenvalue weighted by Gasteiger charge is 2.07. The summed E-state index contributed by atoms with van der Waals surface area (Å²) in [6, 6.07) is 5.89. The summed E-state index contributed by atoms with van der Waals surface area (Å²) >= 11 is 0. The fourth-order valence-electron chi connectivity index (χ4n) is 2.23. The largest absolute Gasteiger partial charge is 0.444 e. The van der Waals surface area contributed by atoms with Gasteiger partial charge in [0.2, 0.25) is 11.8 Å². The van der Waals surface area contributed by atoms with Crippen LogP contribution < -0.4 is 16.0 Å².